The van der Waals surface area contributed by atoms with Crippen LogP contribution in [0.5, 0.6) is 0 Å². The van der Waals surface area contributed by atoms with Gasteiger partial charge in [-0.2, -0.15) is 0 Å². The fraction of sp³-hybridized carbons (Fsp3) is 0.783. The van der Waals surface area contributed by atoms with Crippen LogP contribution in [-0.4, -0.2) is 96.7 Å². The minimum atomic E-state index is -4.99. The lowest BCUT2D eigenvalue weighted by Gasteiger charge is -2.21. The fourth-order valence-corrected chi connectivity index (χ4v) is 12.7. The molecule has 102 heavy (non-hydrogen) atoms. The van der Waals surface area contributed by atoms with E-state index in [1.165, 1.54) is 141 Å². The molecule has 0 bridgehead atoms. The minimum absolute atomic E-state index is 0.0381. The van der Waals surface area contributed by atoms with Crippen LogP contribution in [0.1, 0.15) is 362 Å². The molecule has 0 rings (SSSR count). The summed E-state index contributed by atoms with van der Waals surface area (Å²) in [6, 6.07) is 0. The third kappa shape index (κ3) is 74.5. The Morgan fingerprint density at radius 2 is 0.500 bits per heavy atom. The molecule has 0 spiro atoms. The lowest BCUT2D eigenvalue weighted by atomic mass is 10.0. The second-order valence-corrected chi connectivity index (χ2v) is 30.3. The number of phosphoric ester groups is 2. The van der Waals surface area contributed by atoms with E-state index in [1.54, 1.807) is 0 Å². The number of rotatable bonds is 77. The molecule has 2 unspecified atom stereocenters. The van der Waals surface area contributed by atoms with Crippen LogP contribution in [0.15, 0.2) is 85.1 Å². The lowest BCUT2D eigenvalue weighted by Crippen LogP contribution is -2.30. The van der Waals surface area contributed by atoms with Crippen molar-refractivity contribution in [1.82, 2.24) is 0 Å². The van der Waals surface area contributed by atoms with Gasteiger partial charge in [0, 0.05) is 25.7 Å². The fourth-order valence-electron chi connectivity index (χ4n) is 11.1. The first-order valence-corrected chi connectivity index (χ1v) is 43.8. The summed E-state index contributed by atoms with van der Waals surface area (Å²) >= 11 is 0. The molecule has 0 saturated carbocycles. The monoisotopic (exact) mass is 1480 g/mol. The van der Waals surface area contributed by atoms with Gasteiger partial charge in [0.1, 0.15) is 19.3 Å². The van der Waals surface area contributed by atoms with Gasteiger partial charge in [-0.25, -0.2) is 9.13 Å². The molecule has 592 valence electrons. The van der Waals surface area contributed by atoms with Crippen molar-refractivity contribution in [2.75, 3.05) is 39.6 Å². The molecular weight excluding hydrogens is 1330 g/mol. The minimum Gasteiger partial charge on any atom is -0.462 e. The van der Waals surface area contributed by atoms with Crippen molar-refractivity contribution in [2.45, 2.75) is 380 Å². The zero-order valence-corrected chi connectivity index (χ0v) is 66.6. The van der Waals surface area contributed by atoms with E-state index in [4.69, 9.17) is 37.0 Å². The van der Waals surface area contributed by atoms with Crippen molar-refractivity contribution < 1.29 is 80.2 Å². The number of allylic oxidation sites excluding steroid dienone is 14. The van der Waals surface area contributed by atoms with Gasteiger partial charge in [0.25, 0.3) is 0 Å². The molecule has 0 radical (unpaired) electrons. The summed E-state index contributed by atoms with van der Waals surface area (Å²) in [4.78, 5) is 73.0. The first kappa shape index (κ1) is 98.2. The van der Waals surface area contributed by atoms with Gasteiger partial charge in [0.2, 0.25) is 0 Å². The number of unbranched alkanes of at least 4 members (excludes halogenated alkanes) is 37. The molecule has 0 aromatic carbocycles. The van der Waals surface area contributed by atoms with E-state index in [0.717, 1.165) is 135 Å². The Labute approximate surface area is 621 Å². The van der Waals surface area contributed by atoms with Crippen LogP contribution < -0.4 is 0 Å². The SMILES string of the molecule is CCCCC/C=C\C/C=C\C/C=C\C/C=C\C/C=C\CCC(=O)OC[C@H](COP(=O)(O)OC[C@@H](O)COP(=O)(O)OC[C@@H](COC(=O)CCCCCCCCCCCCCCC)OC(=O)CCCCCCCCC/C=C\CCCCCC)OC(=O)CCCCCCC/C=C\CCCCCCCC. The van der Waals surface area contributed by atoms with Gasteiger partial charge < -0.3 is 33.8 Å². The molecule has 0 aliphatic rings. The number of hydrogen-bond donors (Lipinski definition) is 3. The van der Waals surface area contributed by atoms with Gasteiger partial charge in [-0.3, -0.25) is 37.3 Å². The highest BCUT2D eigenvalue weighted by Crippen LogP contribution is 2.45. The molecule has 19 heteroatoms. The predicted octanol–water partition coefficient (Wildman–Crippen LogP) is 23.8. The lowest BCUT2D eigenvalue weighted by molar-refractivity contribution is -0.161. The van der Waals surface area contributed by atoms with Gasteiger partial charge >= 0.3 is 39.5 Å². The Morgan fingerprint density at radius 1 is 0.275 bits per heavy atom. The van der Waals surface area contributed by atoms with Crippen LogP contribution in [0.2, 0.25) is 0 Å². The van der Waals surface area contributed by atoms with Crippen LogP contribution in [0.3, 0.4) is 0 Å². The number of carbonyl (C=O) groups excluding carboxylic acids is 4. The van der Waals surface area contributed by atoms with E-state index >= 15 is 0 Å². The zero-order chi connectivity index (χ0) is 74.6. The average molecular weight is 1480 g/mol. The van der Waals surface area contributed by atoms with E-state index in [2.05, 4.69) is 101 Å². The van der Waals surface area contributed by atoms with E-state index < -0.39 is 97.5 Å². The molecule has 0 aliphatic heterocycles. The molecule has 0 amide bonds. The maximum absolute atomic E-state index is 13.1. The largest absolute Gasteiger partial charge is 0.472 e. The van der Waals surface area contributed by atoms with E-state index in [-0.39, 0.29) is 25.7 Å². The van der Waals surface area contributed by atoms with Gasteiger partial charge in [-0.1, -0.05) is 305 Å². The maximum atomic E-state index is 13.1. The Kier molecular flexibility index (Phi) is 72.7. The average Bonchev–Trinajstić information content (AvgIpc) is 0.920. The van der Waals surface area contributed by atoms with Crippen LogP contribution >= 0.6 is 15.6 Å². The quantitative estimate of drug-likeness (QED) is 0.0169. The van der Waals surface area contributed by atoms with Crippen molar-refractivity contribution in [2.24, 2.45) is 0 Å². The first-order valence-electron chi connectivity index (χ1n) is 40.8. The topological polar surface area (TPSA) is 237 Å². The molecule has 0 aromatic heterocycles. The Bertz CT molecular complexity index is 2260. The first-order chi connectivity index (χ1) is 49.7. The van der Waals surface area contributed by atoms with Gasteiger partial charge in [-0.05, 0) is 116 Å². The predicted molar refractivity (Wildman–Crippen MR) is 418 cm³/mol. The zero-order valence-electron chi connectivity index (χ0n) is 64.8. The number of aliphatic hydroxyl groups excluding tert-OH is 1. The summed E-state index contributed by atoms with van der Waals surface area (Å²) < 4.78 is 68.6. The summed E-state index contributed by atoms with van der Waals surface area (Å²) in [5.74, 6) is -2.26. The smallest absolute Gasteiger partial charge is 0.462 e. The second kappa shape index (κ2) is 75.5. The van der Waals surface area contributed by atoms with Crippen LogP contribution in [-0.2, 0) is 65.4 Å². The molecular formula is C83H148O17P2. The van der Waals surface area contributed by atoms with Gasteiger partial charge in [0.05, 0.1) is 26.4 Å². The van der Waals surface area contributed by atoms with Crippen molar-refractivity contribution in [1.29, 1.82) is 0 Å². The summed E-state index contributed by atoms with van der Waals surface area (Å²) in [6.07, 6.45) is 78.5. The van der Waals surface area contributed by atoms with Crippen molar-refractivity contribution >= 4 is 39.5 Å². The third-order valence-corrected chi connectivity index (χ3v) is 19.2. The Balaban J connectivity index is 5.40. The highest BCUT2D eigenvalue weighted by Gasteiger charge is 2.30. The standard InChI is InChI=1S/C83H148O17P2/c1-5-9-13-17-21-25-29-33-36-37-38-39-42-44-48-52-56-60-64-68-81(86)94-74-79(100-83(88)70-66-62-58-54-50-46-41-35-31-27-23-19-15-11-7-3)76-98-102(91,92)96-72-77(84)71-95-101(89,90)97-75-78(73-93-80(85)67-63-59-55-51-47-43-32-28-24-20-16-12-8-4)99-82(87)69-65-61-57-53-49-45-40-34-30-26-22-18-14-10-6-2/h21,25-26,30,33,35-36,38-39,41,44,48,56,60,77-79,84H,5-20,22-24,27-29,31-32,34,37,40,42-43,45-47,49-55,57-59,61-76H2,1-4H3,(H,89,90)(H,91,92)/b25-21-,30-26-,36-33-,39-38-,41-35-,48-44-,60-56-/t77-,78+,79+/m0/s1. The van der Waals surface area contributed by atoms with Crippen molar-refractivity contribution in [3.63, 3.8) is 0 Å². The number of aliphatic hydroxyl groups is 1. The molecule has 17 nitrogen and oxygen atoms in total. The summed E-state index contributed by atoms with van der Waals surface area (Å²) in [7, 11) is -9.97. The van der Waals surface area contributed by atoms with Gasteiger partial charge in [-0.15, -0.1) is 0 Å². The van der Waals surface area contributed by atoms with Crippen LogP contribution in [0.4, 0.5) is 0 Å². The molecule has 5 atom stereocenters. The van der Waals surface area contributed by atoms with Crippen LogP contribution in [0.25, 0.3) is 0 Å². The van der Waals surface area contributed by atoms with Crippen molar-refractivity contribution in [3.05, 3.63) is 85.1 Å². The second-order valence-electron chi connectivity index (χ2n) is 27.4. The maximum Gasteiger partial charge on any atom is 0.472 e. The molecule has 0 saturated heterocycles. The van der Waals surface area contributed by atoms with Crippen LogP contribution in [0, 0.1) is 0 Å². The third-order valence-electron chi connectivity index (χ3n) is 17.3. The summed E-state index contributed by atoms with van der Waals surface area (Å²) in [5, 5.41) is 10.6. The normalized spacial score (nSPS) is 14.3. The number of esters is 4. The Hall–Kier alpha value is -3.76. The number of carbonyl (C=O) groups is 4. The van der Waals surface area contributed by atoms with E-state index in [9.17, 15) is 43.2 Å². The van der Waals surface area contributed by atoms with E-state index in [1.807, 2.05) is 12.2 Å². The van der Waals surface area contributed by atoms with E-state index in [0.29, 0.717) is 32.1 Å². The van der Waals surface area contributed by atoms with Crippen molar-refractivity contribution in [3.8, 4) is 0 Å². The summed E-state index contributed by atoms with van der Waals surface area (Å²) in [5.41, 5.74) is 0. The summed E-state index contributed by atoms with van der Waals surface area (Å²) in [6.45, 7) is 4.79. The van der Waals surface area contributed by atoms with Gasteiger partial charge in [0.15, 0.2) is 12.2 Å². The molecule has 0 heterocycles. The highest BCUT2D eigenvalue weighted by molar-refractivity contribution is 7.47. The molecule has 3 N–H and O–H groups in total. The Morgan fingerprint density at radius 3 is 0.833 bits per heavy atom. The number of phosphoric acid groups is 2. The highest BCUT2D eigenvalue weighted by atomic mass is 31.2. The number of ether oxygens (including phenoxy) is 4. The number of hydrogen-bond acceptors (Lipinski definition) is 15. The molecule has 0 aromatic rings. The molecule has 0 aliphatic carbocycles. The molecule has 0 fully saturated rings.